The van der Waals surface area contributed by atoms with E-state index in [-0.39, 0.29) is 24.0 Å². The van der Waals surface area contributed by atoms with Crippen molar-refractivity contribution in [1.29, 1.82) is 0 Å². The van der Waals surface area contributed by atoms with Crippen LogP contribution in [0.2, 0.25) is 0 Å². The third kappa shape index (κ3) is 5.00. The molecule has 7 nitrogen and oxygen atoms in total. The average Bonchev–Trinajstić information content (AvgIpc) is 2.63. The summed E-state index contributed by atoms with van der Waals surface area (Å²) in [6, 6.07) is 8.82. The molecule has 3 heterocycles. The summed E-state index contributed by atoms with van der Waals surface area (Å²) in [5.41, 5.74) is 1.61. The lowest BCUT2D eigenvalue weighted by Gasteiger charge is -2.39. The number of allylic oxidation sites excluding steroid dienone is 1. The normalized spacial score (nSPS) is 17.6. The Morgan fingerprint density at radius 1 is 1.10 bits per heavy atom. The molecule has 0 aliphatic carbocycles. The maximum absolute atomic E-state index is 12.4. The molecule has 2 saturated heterocycles. The minimum Gasteiger partial charge on any atom is -0.487 e. The number of carbonyl (C=O) groups excluding carboxylic acids is 1. The van der Waals surface area contributed by atoms with Crippen LogP contribution in [0.4, 0.5) is 24.5 Å². The van der Waals surface area contributed by atoms with E-state index in [1.54, 1.807) is 36.7 Å². The summed E-state index contributed by atoms with van der Waals surface area (Å²) >= 11 is 0. The van der Waals surface area contributed by atoms with E-state index in [1.807, 2.05) is 6.07 Å². The molecule has 1 N–H and O–H groups in total. The number of likely N-dealkylation sites (tertiary alicyclic amines) is 1. The number of aromatic nitrogens is 2. The first kappa shape index (κ1) is 20.0. The predicted molar refractivity (Wildman–Crippen MR) is 104 cm³/mol. The molecular weight excluding hydrogens is 399 g/mol. The van der Waals surface area contributed by atoms with Crippen LogP contribution in [0, 0.1) is 5.92 Å². The van der Waals surface area contributed by atoms with Crippen LogP contribution in [0.1, 0.15) is 0 Å². The monoisotopic (exact) mass is 419 g/mol. The molecule has 158 valence electrons. The highest BCUT2D eigenvalue weighted by molar-refractivity contribution is 5.94. The predicted octanol–water partition coefficient (Wildman–Crippen LogP) is 2.69. The van der Waals surface area contributed by atoms with E-state index < -0.39 is 6.18 Å². The Morgan fingerprint density at radius 2 is 1.83 bits per heavy atom. The van der Waals surface area contributed by atoms with E-state index in [2.05, 4.69) is 20.4 Å². The molecule has 0 saturated carbocycles. The molecular formula is C20H20F3N5O2. The third-order valence-electron chi connectivity index (χ3n) is 4.96. The fraction of sp³-hybridized carbons (Fsp3) is 0.350. The second-order valence-electron chi connectivity index (χ2n) is 7.27. The van der Waals surface area contributed by atoms with Gasteiger partial charge in [0.05, 0.1) is 37.1 Å². The van der Waals surface area contributed by atoms with Gasteiger partial charge in [-0.2, -0.15) is 23.4 Å². The van der Waals surface area contributed by atoms with E-state index in [0.29, 0.717) is 37.6 Å². The van der Waals surface area contributed by atoms with Gasteiger partial charge in [-0.1, -0.05) is 0 Å². The molecule has 0 radical (unpaired) electrons. The van der Waals surface area contributed by atoms with E-state index in [0.717, 1.165) is 11.9 Å². The van der Waals surface area contributed by atoms with Gasteiger partial charge in [0, 0.05) is 31.1 Å². The summed E-state index contributed by atoms with van der Waals surface area (Å²) < 4.78 is 42.1. The molecule has 0 unspecified atom stereocenters. The Balaban J connectivity index is 1.19. The van der Waals surface area contributed by atoms with Gasteiger partial charge in [0.15, 0.2) is 0 Å². The van der Waals surface area contributed by atoms with Crippen LogP contribution in [0.25, 0.3) is 0 Å². The van der Waals surface area contributed by atoms with Crippen LogP contribution in [0.15, 0.2) is 55.0 Å². The van der Waals surface area contributed by atoms with Crippen LogP contribution in [0.5, 0.6) is 5.75 Å². The number of rotatable bonds is 6. The van der Waals surface area contributed by atoms with Gasteiger partial charge in [-0.3, -0.25) is 4.79 Å². The number of ether oxygens (including phenoxy) is 1. The lowest BCUT2D eigenvalue weighted by molar-refractivity contribution is -0.120. The van der Waals surface area contributed by atoms with Gasteiger partial charge in [-0.25, -0.2) is 0 Å². The number of halogens is 3. The summed E-state index contributed by atoms with van der Waals surface area (Å²) in [7, 11) is 0. The van der Waals surface area contributed by atoms with Crippen molar-refractivity contribution in [3.05, 3.63) is 55.0 Å². The number of nitrogens with zero attached hydrogens (tertiary/aromatic N) is 4. The smallest absolute Gasteiger partial charge is 0.411 e. The molecule has 1 aromatic heterocycles. The molecule has 2 aliphatic rings. The van der Waals surface area contributed by atoms with Crippen molar-refractivity contribution < 1.29 is 22.7 Å². The van der Waals surface area contributed by atoms with Gasteiger partial charge in [0.25, 0.3) is 0 Å². The van der Waals surface area contributed by atoms with Crippen molar-refractivity contribution in [1.82, 2.24) is 15.1 Å². The first-order valence-corrected chi connectivity index (χ1v) is 9.45. The number of amides is 1. The molecule has 0 bridgehead atoms. The molecule has 2 aromatic rings. The first-order chi connectivity index (χ1) is 14.4. The van der Waals surface area contributed by atoms with E-state index >= 15 is 0 Å². The number of anilines is 2. The summed E-state index contributed by atoms with van der Waals surface area (Å²) in [5, 5.41) is 10.5. The molecule has 1 amide bonds. The summed E-state index contributed by atoms with van der Waals surface area (Å²) in [5.74, 6) is 0.463. The highest BCUT2D eigenvalue weighted by atomic mass is 19.4. The lowest BCUT2D eigenvalue weighted by atomic mass is 9.98. The summed E-state index contributed by atoms with van der Waals surface area (Å²) in [6.07, 6.45) is 0.0709. The Hall–Kier alpha value is -3.30. The Labute approximate surface area is 171 Å². The standard InChI is InChI=1S/C20H20F3N5O2/c21-20(22,23)6-8-27-12-18(13-27)30-17-3-1-15(2-4-17)26-19(29)14-10-28(11-14)16-5-7-24-25-9-16/h1-9,14,18H,10-13H2,(H,26,29). The molecule has 0 spiro atoms. The molecule has 0 atom stereocenters. The fourth-order valence-electron chi connectivity index (χ4n) is 3.24. The number of carbonyl (C=O) groups is 1. The Morgan fingerprint density at radius 3 is 2.47 bits per heavy atom. The van der Waals surface area contributed by atoms with Crippen molar-refractivity contribution in [2.45, 2.75) is 12.3 Å². The molecule has 2 aliphatic heterocycles. The number of benzene rings is 1. The topological polar surface area (TPSA) is 70.6 Å². The summed E-state index contributed by atoms with van der Waals surface area (Å²) in [6.45, 7) is 2.05. The van der Waals surface area contributed by atoms with Gasteiger partial charge in [-0.05, 0) is 30.3 Å². The van der Waals surface area contributed by atoms with E-state index in [1.165, 1.54) is 4.90 Å². The Kier molecular flexibility index (Phi) is 5.47. The third-order valence-corrected chi connectivity index (χ3v) is 4.96. The van der Waals surface area contributed by atoms with Crippen molar-refractivity contribution in [2.24, 2.45) is 5.92 Å². The number of hydrogen-bond donors (Lipinski definition) is 1. The minimum atomic E-state index is -4.31. The highest BCUT2D eigenvalue weighted by Crippen LogP contribution is 2.26. The van der Waals surface area contributed by atoms with Gasteiger partial charge in [-0.15, -0.1) is 0 Å². The van der Waals surface area contributed by atoms with Crippen molar-refractivity contribution in [3.8, 4) is 5.75 Å². The van der Waals surface area contributed by atoms with Crippen LogP contribution in [-0.2, 0) is 4.79 Å². The zero-order chi connectivity index (χ0) is 21.1. The zero-order valence-corrected chi connectivity index (χ0v) is 15.9. The molecule has 4 rings (SSSR count). The van der Waals surface area contributed by atoms with Crippen molar-refractivity contribution in [3.63, 3.8) is 0 Å². The van der Waals surface area contributed by atoms with E-state index in [4.69, 9.17) is 4.74 Å². The number of hydrogen-bond acceptors (Lipinski definition) is 6. The molecule has 2 fully saturated rings. The lowest BCUT2D eigenvalue weighted by Crippen LogP contribution is -2.52. The zero-order valence-electron chi connectivity index (χ0n) is 15.9. The maximum atomic E-state index is 12.4. The fourth-order valence-corrected chi connectivity index (χ4v) is 3.24. The number of nitrogens with one attached hydrogen (secondary N) is 1. The van der Waals surface area contributed by atoms with Crippen molar-refractivity contribution in [2.75, 3.05) is 36.4 Å². The largest absolute Gasteiger partial charge is 0.487 e. The first-order valence-electron chi connectivity index (χ1n) is 9.45. The Bertz CT molecular complexity index is 893. The highest BCUT2D eigenvalue weighted by Gasteiger charge is 2.33. The van der Waals surface area contributed by atoms with Gasteiger partial charge >= 0.3 is 6.18 Å². The summed E-state index contributed by atoms with van der Waals surface area (Å²) in [4.78, 5) is 16.0. The number of alkyl halides is 3. The van der Waals surface area contributed by atoms with Crippen LogP contribution in [-0.4, -0.2) is 59.5 Å². The molecule has 30 heavy (non-hydrogen) atoms. The van der Waals surface area contributed by atoms with Gasteiger partial charge in [0.1, 0.15) is 11.9 Å². The molecule has 1 aromatic carbocycles. The SMILES string of the molecule is O=C(Nc1ccc(OC2CN(C=CC(F)(F)F)C2)cc1)C1CN(c2ccnnc2)C1. The second-order valence-corrected chi connectivity index (χ2v) is 7.27. The second kappa shape index (κ2) is 8.21. The average molecular weight is 419 g/mol. The van der Waals surface area contributed by atoms with Crippen molar-refractivity contribution >= 4 is 17.3 Å². The minimum absolute atomic E-state index is 0.0481. The quantitative estimate of drug-likeness (QED) is 0.777. The van der Waals surface area contributed by atoms with E-state index in [9.17, 15) is 18.0 Å². The van der Waals surface area contributed by atoms with Crippen LogP contribution < -0.4 is 15.0 Å². The molecule has 10 heteroatoms. The van der Waals surface area contributed by atoms with Gasteiger partial charge in [0.2, 0.25) is 5.91 Å². The maximum Gasteiger partial charge on any atom is 0.411 e. The van der Waals surface area contributed by atoms with Crippen LogP contribution in [0.3, 0.4) is 0 Å². The van der Waals surface area contributed by atoms with Crippen LogP contribution >= 0.6 is 0 Å². The van der Waals surface area contributed by atoms with Gasteiger partial charge < -0.3 is 19.9 Å².